The number of aliphatic hydroxyl groups is 3. The lowest BCUT2D eigenvalue weighted by atomic mass is 9.83. The fraction of sp³-hybridized carbons (Fsp3) is 1.00. The molecule has 16 heavy (non-hydrogen) atoms. The van der Waals surface area contributed by atoms with E-state index in [-0.39, 0.29) is 18.1 Å². The van der Waals surface area contributed by atoms with E-state index >= 15 is 0 Å². The Morgan fingerprint density at radius 1 is 1.12 bits per heavy atom. The number of hydrogen-bond donors (Lipinski definition) is 4. The predicted octanol–water partition coefficient (Wildman–Crippen LogP) is -0.769. The van der Waals surface area contributed by atoms with Crippen molar-refractivity contribution in [3.8, 4) is 0 Å². The summed E-state index contributed by atoms with van der Waals surface area (Å²) in [4.78, 5) is 0. The van der Waals surface area contributed by atoms with E-state index in [1.165, 1.54) is 0 Å². The summed E-state index contributed by atoms with van der Waals surface area (Å²) in [6.07, 6.45) is -2.57. The molecule has 0 aromatic rings. The Morgan fingerprint density at radius 2 is 1.69 bits per heavy atom. The van der Waals surface area contributed by atoms with Crippen molar-refractivity contribution >= 4 is 0 Å². The van der Waals surface area contributed by atoms with E-state index in [2.05, 4.69) is 20.8 Å². The lowest BCUT2D eigenvalue weighted by Gasteiger charge is -2.42. The summed E-state index contributed by atoms with van der Waals surface area (Å²) in [6, 6.07) is -0.614. The lowest BCUT2D eigenvalue weighted by Crippen LogP contribution is -2.62. The third-order valence-electron chi connectivity index (χ3n) is 2.90. The molecular formula is C11H23NO4. The van der Waals surface area contributed by atoms with Gasteiger partial charge in [-0.1, -0.05) is 20.8 Å². The van der Waals surface area contributed by atoms with Crippen molar-refractivity contribution in [3.05, 3.63) is 0 Å². The molecule has 96 valence electrons. The molecule has 0 saturated carbocycles. The molecule has 0 aromatic carbocycles. The van der Waals surface area contributed by atoms with E-state index in [1.807, 2.05) is 0 Å². The van der Waals surface area contributed by atoms with Gasteiger partial charge in [-0.25, -0.2) is 0 Å². The van der Waals surface area contributed by atoms with Gasteiger partial charge in [0.1, 0.15) is 18.3 Å². The third-order valence-corrected chi connectivity index (χ3v) is 2.90. The monoisotopic (exact) mass is 233 g/mol. The Balaban J connectivity index is 2.71. The minimum atomic E-state index is -1.11. The zero-order valence-corrected chi connectivity index (χ0v) is 10.1. The van der Waals surface area contributed by atoms with Crippen LogP contribution in [0, 0.1) is 5.41 Å². The maximum atomic E-state index is 9.75. The van der Waals surface area contributed by atoms with Crippen molar-refractivity contribution in [2.24, 2.45) is 11.1 Å². The Morgan fingerprint density at radius 3 is 2.12 bits per heavy atom. The van der Waals surface area contributed by atoms with Gasteiger partial charge in [0.25, 0.3) is 0 Å². The molecule has 1 heterocycles. The van der Waals surface area contributed by atoms with E-state index in [0.717, 1.165) is 0 Å². The second-order valence-corrected chi connectivity index (χ2v) is 5.72. The van der Waals surface area contributed by atoms with Crippen LogP contribution in [-0.4, -0.2) is 52.4 Å². The first-order valence-electron chi connectivity index (χ1n) is 5.64. The molecule has 1 aliphatic heterocycles. The van der Waals surface area contributed by atoms with E-state index in [1.54, 1.807) is 0 Å². The van der Waals surface area contributed by atoms with Gasteiger partial charge in [0.2, 0.25) is 0 Å². The number of rotatable bonds is 2. The van der Waals surface area contributed by atoms with Crippen LogP contribution in [-0.2, 0) is 4.74 Å². The average molecular weight is 233 g/mol. The molecule has 1 saturated heterocycles. The van der Waals surface area contributed by atoms with Crippen LogP contribution in [0.3, 0.4) is 0 Å². The maximum absolute atomic E-state index is 9.75. The first-order valence-corrected chi connectivity index (χ1v) is 5.64. The molecule has 0 bridgehead atoms. The van der Waals surface area contributed by atoms with Crippen LogP contribution < -0.4 is 5.73 Å². The molecule has 0 radical (unpaired) electrons. The zero-order chi connectivity index (χ0) is 12.5. The SMILES string of the molecule is CC(C)(C)C[C@H]1OC(CO)[C@@H](O)[C@H](O)C1N. The molecule has 0 spiro atoms. The van der Waals surface area contributed by atoms with Crippen LogP contribution >= 0.6 is 0 Å². The zero-order valence-electron chi connectivity index (χ0n) is 10.1. The Kier molecular flexibility index (Phi) is 4.31. The molecule has 5 heteroatoms. The van der Waals surface area contributed by atoms with Gasteiger partial charge >= 0.3 is 0 Å². The Hall–Kier alpha value is -0.200. The number of nitrogens with two attached hydrogens (primary N) is 1. The molecule has 2 unspecified atom stereocenters. The van der Waals surface area contributed by atoms with Gasteiger partial charge < -0.3 is 25.8 Å². The van der Waals surface area contributed by atoms with Crippen molar-refractivity contribution in [2.75, 3.05) is 6.61 Å². The fourth-order valence-electron chi connectivity index (χ4n) is 2.00. The molecule has 5 atom stereocenters. The first-order chi connectivity index (χ1) is 7.26. The standard InChI is InChI=1S/C11H23NO4/c1-11(2,3)4-6-8(12)10(15)9(14)7(5-13)16-6/h6-10,13-15H,4-5,12H2,1-3H3/t6-,7?,8?,9-,10-/m1/s1. The summed E-state index contributed by atoms with van der Waals surface area (Å²) in [6.45, 7) is 5.84. The maximum Gasteiger partial charge on any atom is 0.110 e. The summed E-state index contributed by atoms with van der Waals surface area (Å²) < 4.78 is 5.52. The van der Waals surface area contributed by atoms with Gasteiger partial charge in [-0.05, 0) is 11.8 Å². The second-order valence-electron chi connectivity index (χ2n) is 5.72. The van der Waals surface area contributed by atoms with Crippen LogP contribution in [0.2, 0.25) is 0 Å². The number of hydrogen-bond acceptors (Lipinski definition) is 5. The smallest absolute Gasteiger partial charge is 0.110 e. The van der Waals surface area contributed by atoms with Gasteiger partial charge in [-0.15, -0.1) is 0 Å². The number of ether oxygens (including phenoxy) is 1. The van der Waals surface area contributed by atoms with E-state index in [9.17, 15) is 10.2 Å². The summed E-state index contributed by atoms with van der Waals surface area (Å²) in [7, 11) is 0. The Bertz CT molecular complexity index is 227. The second kappa shape index (κ2) is 4.98. The highest BCUT2D eigenvalue weighted by molar-refractivity contribution is 4.95. The van der Waals surface area contributed by atoms with E-state index < -0.39 is 24.4 Å². The highest BCUT2D eigenvalue weighted by Gasteiger charge is 2.43. The minimum absolute atomic E-state index is 0.0182. The van der Waals surface area contributed by atoms with Crippen molar-refractivity contribution in [3.63, 3.8) is 0 Å². The number of aliphatic hydroxyl groups excluding tert-OH is 3. The molecule has 0 aliphatic carbocycles. The van der Waals surface area contributed by atoms with Crippen LogP contribution in [0.5, 0.6) is 0 Å². The molecule has 1 fully saturated rings. The average Bonchev–Trinajstić information content (AvgIpc) is 2.17. The highest BCUT2D eigenvalue weighted by atomic mass is 16.5. The molecule has 1 aliphatic rings. The normalized spacial score (nSPS) is 41.1. The van der Waals surface area contributed by atoms with Gasteiger partial charge in [0.15, 0.2) is 0 Å². The summed E-state index contributed by atoms with van der Waals surface area (Å²) in [5.41, 5.74) is 5.84. The quantitative estimate of drug-likeness (QED) is 0.502. The van der Waals surface area contributed by atoms with Crippen LogP contribution in [0.4, 0.5) is 0 Å². The van der Waals surface area contributed by atoms with Gasteiger partial charge in [-0.3, -0.25) is 0 Å². The minimum Gasteiger partial charge on any atom is -0.394 e. The first kappa shape index (κ1) is 13.9. The summed E-state index contributed by atoms with van der Waals surface area (Å²) >= 11 is 0. The molecular weight excluding hydrogens is 210 g/mol. The molecule has 5 nitrogen and oxygen atoms in total. The van der Waals surface area contributed by atoms with Crippen LogP contribution in [0.25, 0.3) is 0 Å². The van der Waals surface area contributed by atoms with Crippen LogP contribution in [0.1, 0.15) is 27.2 Å². The van der Waals surface area contributed by atoms with E-state index in [4.69, 9.17) is 15.6 Å². The Labute approximate surface area is 96.2 Å². The van der Waals surface area contributed by atoms with Crippen LogP contribution in [0.15, 0.2) is 0 Å². The lowest BCUT2D eigenvalue weighted by molar-refractivity contribution is -0.194. The van der Waals surface area contributed by atoms with Gasteiger partial charge in [0, 0.05) is 0 Å². The van der Waals surface area contributed by atoms with E-state index in [0.29, 0.717) is 6.42 Å². The van der Waals surface area contributed by atoms with Gasteiger partial charge in [0.05, 0.1) is 18.8 Å². The predicted molar refractivity (Wildman–Crippen MR) is 59.8 cm³/mol. The van der Waals surface area contributed by atoms with Crippen molar-refractivity contribution in [2.45, 2.75) is 57.6 Å². The summed E-state index contributed by atoms with van der Waals surface area (Å²) in [5, 5.41) is 28.4. The molecule has 0 aromatic heterocycles. The molecule has 0 amide bonds. The highest BCUT2D eigenvalue weighted by Crippen LogP contribution is 2.29. The third kappa shape index (κ3) is 3.15. The van der Waals surface area contributed by atoms with Crippen molar-refractivity contribution in [1.82, 2.24) is 0 Å². The van der Waals surface area contributed by atoms with Gasteiger partial charge in [-0.2, -0.15) is 0 Å². The van der Waals surface area contributed by atoms with Crippen molar-refractivity contribution in [1.29, 1.82) is 0 Å². The largest absolute Gasteiger partial charge is 0.394 e. The molecule has 5 N–H and O–H groups in total. The summed E-state index contributed by atoms with van der Waals surface area (Å²) in [5.74, 6) is 0. The van der Waals surface area contributed by atoms with Crippen molar-refractivity contribution < 1.29 is 20.1 Å². The fourth-order valence-corrected chi connectivity index (χ4v) is 2.00. The topological polar surface area (TPSA) is 95.9 Å². The molecule has 1 rings (SSSR count).